The summed E-state index contributed by atoms with van der Waals surface area (Å²) in [4.78, 5) is 18.5. The van der Waals surface area contributed by atoms with Crippen LogP contribution in [-0.4, -0.2) is 27.8 Å². The van der Waals surface area contributed by atoms with Gasteiger partial charge in [-0.1, -0.05) is 30.3 Å². The van der Waals surface area contributed by atoms with Crippen LogP contribution in [0.2, 0.25) is 5.02 Å². The van der Waals surface area contributed by atoms with E-state index in [0.29, 0.717) is 28.5 Å². The van der Waals surface area contributed by atoms with E-state index >= 15 is 0 Å². The Kier molecular flexibility index (Phi) is 4.87. The lowest BCUT2D eigenvalue weighted by atomic mass is 10.2. The van der Waals surface area contributed by atoms with Crippen LogP contribution >= 0.6 is 23.4 Å². The van der Waals surface area contributed by atoms with Crippen LogP contribution < -0.4 is 0 Å². The van der Waals surface area contributed by atoms with Crippen molar-refractivity contribution in [1.29, 1.82) is 0 Å². The minimum atomic E-state index is -0.879. The van der Waals surface area contributed by atoms with Crippen molar-refractivity contribution in [2.75, 3.05) is 6.54 Å². The van der Waals surface area contributed by atoms with Crippen LogP contribution in [-0.2, 0) is 0 Å². The van der Waals surface area contributed by atoms with E-state index in [9.17, 15) is 13.6 Å². The number of thioether (sulfide) groups is 1. The Morgan fingerprint density at radius 1 is 1.25 bits per heavy atom. The Hall–Kier alpha value is -1.92. The molecular formula is C17H13ClF2N2OS. The Bertz CT molecular complexity index is 811. The third kappa shape index (κ3) is 3.60. The van der Waals surface area contributed by atoms with Crippen molar-refractivity contribution in [1.82, 2.24) is 4.90 Å². The van der Waals surface area contributed by atoms with Crippen molar-refractivity contribution >= 4 is 40.1 Å². The Labute approximate surface area is 147 Å². The molecule has 3 rings (SSSR count). The van der Waals surface area contributed by atoms with Crippen molar-refractivity contribution in [2.24, 2.45) is 4.99 Å². The van der Waals surface area contributed by atoms with Crippen LogP contribution in [0.25, 0.3) is 0 Å². The molecule has 3 nitrogen and oxygen atoms in total. The van der Waals surface area contributed by atoms with E-state index in [4.69, 9.17) is 11.6 Å². The number of hydrogen-bond donors (Lipinski definition) is 0. The second-order valence-corrected chi connectivity index (χ2v) is 7.18. The lowest BCUT2D eigenvalue weighted by molar-refractivity contribution is 0.0851. The molecule has 0 spiro atoms. The van der Waals surface area contributed by atoms with E-state index in [1.165, 1.54) is 16.7 Å². The summed E-state index contributed by atoms with van der Waals surface area (Å²) in [6.07, 6.45) is 0. The highest BCUT2D eigenvalue weighted by atomic mass is 35.5. The first-order chi connectivity index (χ1) is 11.4. The molecule has 0 radical (unpaired) electrons. The number of halogens is 3. The molecule has 24 heavy (non-hydrogen) atoms. The van der Waals surface area contributed by atoms with E-state index in [2.05, 4.69) is 4.99 Å². The first-order valence-corrected chi connectivity index (χ1v) is 8.47. The third-order valence-corrected chi connectivity index (χ3v) is 4.76. The molecule has 1 fully saturated rings. The molecule has 1 aliphatic heterocycles. The lowest BCUT2D eigenvalue weighted by Crippen LogP contribution is -2.33. The Morgan fingerprint density at radius 3 is 2.62 bits per heavy atom. The second-order valence-electron chi connectivity index (χ2n) is 5.34. The molecule has 0 bridgehead atoms. The minimum Gasteiger partial charge on any atom is -0.286 e. The molecule has 0 N–H and O–H groups in total. The number of amides is 1. The van der Waals surface area contributed by atoms with Gasteiger partial charge in [-0.2, -0.15) is 0 Å². The monoisotopic (exact) mass is 366 g/mol. The van der Waals surface area contributed by atoms with Gasteiger partial charge in [0, 0.05) is 22.9 Å². The summed E-state index contributed by atoms with van der Waals surface area (Å²) in [6, 6.07) is 9.81. The maximum Gasteiger partial charge on any atom is 0.262 e. The highest BCUT2D eigenvalue weighted by molar-refractivity contribution is 8.14. The molecule has 0 unspecified atom stereocenters. The number of carbonyl (C=O) groups excluding carboxylic acids is 1. The zero-order chi connectivity index (χ0) is 17.3. The van der Waals surface area contributed by atoms with E-state index in [0.717, 1.165) is 12.1 Å². The van der Waals surface area contributed by atoms with Gasteiger partial charge in [-0.05, 0) is 36.4 Å². The molecule has 1 aliphatic rings. The van der Waals surface area contributed by atoms with Crippen LogP contribution in [0.1, 0.15) is 17.3 Å². The summed E-state index contributed by atoms with van der Waals surface area (Å²) in [6.45, 7) is 2.36. The van der Waals surface area contributed by atoms with Crippen LogP contribution in [0.4, 0.5) is 14.5 Å². The van der Waals surface area contributed by atoms with Crippen molar-refractivity contribution in [3.8, 4) is 0 Å². The number of rotatable bonds is 2. The molecule has 2 aromatic carbocycles. The van der Waals surface area contributed by atoms with Gasteiger partial charge < -0.3 is 0 Å². The number of benzene rings is 2. The topological polar surface area (TPSA) is 32.7 Å². The lowest BCUT2D eigenvalue weighted by Gasteiger charge is -2.16. The number of aliphatic imine (C=N–C) groups is 1. The maximum absolute atomic E-state index is 13.9. The maximum atomic E-state index is 13.9. The predicted octanol–water partition coefficient (Wildman–Crippen LogP) is 4.88. The fourth-order valence-corrected chi connectivity index (χ4v) is 3.46. The molecule has 2 aromatic rings. The summed E-state index contributed by atoms with van der Waals surface area (Å²) >= 11 is 7.28. The highest BCUT2D eigenvalue weighted by Crippen LogP contribution is 2.30. The van der Waals surface area contributed by atoms with E-state index < -0.39 is 17.5 Å². The molecule has 1 amide bonds. The molecule has 0 saturated carbocycles. The first kappa shape index (κ1) is 16.9. The van der Waals surface area contributed by atoms with Gasteiger partial charge in [0.15, 0.2) is 5.17 Å². The number of amidine groups is 1. The molecule has 1 heterocycles. The predicted molar refractivity (Wildman–Crippen MR) is 93.0 cm³/mol. The van der Waals surface area contributed by atoms with Crippen LogP contribution in [0.15, 0.2) is 47.5 Å². The average molecular weight is 367 g/mol. The molecule has 0 aliphatic carbocycles. The summed E-state index contributed by atoms with van der Waals surface area (Å²) in [5.74, 6) is -2.13. The number of carbonyl (C=O) groups is 1. The Balaban J connectivity index is 1.92. The highest BCUT2D eigenvalue weighted by Gasteiger charge is 2.32. The average Bonchev–Trinajstić information content (AvgIpc) is 2.89. The van der Waals surface area contributed by atoms with Crippen molar-refractivity contribution in [2.45, 2.75) is 12.2 Å². The molecule has 7 heteroatoms. The second kappa shape index (κ2) is 6.91. The van der Waals surface area contributed by atoms with Gasteiger partial charge in [0.25, 0.3) is 5.91 Å². The summed E-state index contributed by atoms with van der Waals surface area (Å²) in [5, 5.41) is 1.20. The van der Waals surface area contributed by atoms with Crippen LogP contribution in [0.5, 0.6) is 0 Å². The normalized spacial score (nSPS) is 19.1. The Morgan fingerprint density at radius 2 is 1.96 bits per heavy atom. The van der Waals surface area contributed by atoms with Crippen molar-refractivity contribution in [3.63, 3.8) is 0 Å². The smallest absolute Gasteiger partial charge is 0.262 e. The summed E-state index contributed by atoms with van der Waals surface area (Å²) in [7, 11) is 0. The van der Waals surface area contributed by atoms with Crippen LogP contribution in [0, 0.1) is 11.6 Å². The number of hydrogen-bond acceptors (Lipinski definition) is 3. The number of nitrogens with zero attached hydrogens (tertiary/aromatic N) is 2. The van der Waals surface area contributed by atoms with Gasteiger partial charge in [0.1, 0.15) is 11.6 Å². The third-order valence-electron chi connectivity index (χ3n) is 3.44. The SMILES string of the molecule is C[C@@H]1CN(C(=O)c2ccc(F)cc2F)C(=Nc2ccc(Cl)cc2)S1. The molecule has 1 atom stereocenters. The largest absolute Gasteiger partial charge is 0.286 e. The van der Waals surface area contributed by atoms with Gasteiger partial charge in [0.05, 0.1) is 11.3 Å². The van der Waals surface area contributed by atoms with Gasteiger partial charge in [-0.15, -0.1) is 0 Å². The quantitative estimate of drug-likeness (QED) is 0.758. The summed E-state index contributed by atoms with van der Waals surface area (Å²) < 4.78 is 26.9. The first-order valence-electron chi connectivity index (χ1n) is 7.22. The fraction of sp³-hybridized carbons (Fsp3) is 0.176. The minimum absolute atomic E-state index is 0.128. The summed E-state index contributed by atoms with van der Waals surface area (Å²) in [5.41, 5.74) is 0.475. The molecule has 124 valence electrons. The van der Waals surface area contributed by atoms with Crippen LogP contribution in [0.3, 0.4) is 0 Å². The fourth-order valence-electron chi connectivity index (χ4n) is 2.31. The van der Waals surface area contributed by atoms with Gasteiger partial charge in [-0.3, -0.25) is 9.69 Å². The van der Waals surface area contributed by atoms with E-state index in [1.54, 1.807) is 24.3 Å². The zero-order valence-corrected chi connectivity index (χ0v) is 14.2. The van der Waals surface area contributed by atoms with Crippen molar-refractivity contribution in [3.05, 3.63) is 64.7 Å². The van der Waals surface area contributed by atoms with Gasteiger partial charge in [-0.25, -0.2) is 13.8 Å². The van der Waals surface area contributed by atoms with Gasteiger partial charge in [0.2, 0.25) is 0 Å². The van der Waals surface area contributed by atoms with Crippen molar-refractivity contribution < 1.29 is 13.6 Å². The molecular weight excluding hydrogens is 354 g/mol. The molecule has 1 saturated heterocycles. The zero-order valence-electron chi connectivity index (χ0n) is 12.7. The van der Waals surface area contributed by atoms with E-state index in [-0.39, 0.29) is 10.8 Å². The van der Waals surface area contributed by atoms with Gasteiger partial charge >= 0.3 is 0 Å². The standard InChI is InChI=1S/C17H13ClF2N2OS/c1-10-9-22(16(23)14-7-4-12(19)8-15(14)20)17(24-10)21-13-5-2-11(18)3-6-13/h2-8,10H,9H2,1H3/t10-/m1/s1. The molecule has 0 aromatic heterocycles. The van der Waals surface area contributed by atoms with E-state index in [1.807, 2.05) is 6.92 Å².